The molecule has 0 radical (unpaired) electrons. The molecule has 1 fully saturated rings. The number of aryl methyl sites for hydroxylation is 1. The first-order chi connectivity index (χ1) is 14.1. The van der Waals surface area contributed by atoms with E-state index in [2.05, 4.69) is 10.3 Å². The van der Waals surface area contributed by atoms with Crippen LogP contribution in [0.3, 0.4) is 0 Å². The van der Waals surface area contributed by atoms with Crippen LogP contribution in [0.1, 0.15) is 16.9 Å². The molecule has 6 nitrogen and oxygen atoms in total. The van der Waals surface area contributed by atoms with Crippen molar-refractivity contribution >= 4 is 57.1 Å². The topological polar surface area (TPSA) is 82.3 Å². The van der Waals surface area contributed by atoms with Gasteiger partial charge in [0.25, 0.3) is 11.1 Å². The monoisotopic (exact) mass is 425 g/mol. The highest BCUT2D eigenvalue weighted by molar-refractivity contribution is 8.18. The molecule has 0 saturated carbocycles. The van der Waals surface area contributed by atoms with Crippen molar-refractivity contribution in [2.75, 3.05) is 13.1 Å². The van der Waals surface area contributed by atoms with Crippen molar-refractivity contribution in [1.29, 1.82) is 0 Å². The highest BCUT2D eigenvalue weighted by Crippen LogP contribution is 2.32. The molecule has 3 aromatic rings. The number of amides is 3. The summed E-state index contributed by atoms with van der Waals surface area (Å²) in [6, 6.07) is 11.8. The fraction of sp³-hybridized carbons (Fsp3) is 0.190. The fourth-order valence-corrected chi connectivity index (χ4v) is 4.77. The number of rotatable bonds is 7. The Morgan fingerprint density at radius 2 is 2.03 bits per heavy atom. The first kappa shape index (κ1) is 19.5. The largest absolute Gasteiger partial charge is 0.361 e. The molecular weight excluding hydrogens is 406 g/mol. The van der Waals surface area contributed by atoms with Crippen LogP contribution in [0.25, 0.3) is 17.0 Å². The lowest BCUT2D eigenvalue weighted by Gasteiger charge is -2.12. The number of hydrogen-bond donors (Lipinski definition) is 2. The SMILES string of the molecule is O=C(CCc1c[nH]c2ccccc12)NCCN1C(=O)S/C(=C/c2cccs2)C1=O. The molecule has 148 valence electrons. The summed E-state index contributed by atoms with van der Waals surface area (Å²) in [7, 11) is 0. The number of carbonyl (C=O) groups is 3. The van der Waals surface area contributed by atoms with Gasteiger partial charge < -0.3 is 10.3 Å². The lowest BCUT2D eigenvalue weighted by atomic mass is 10.1. The number of nitrogens with one attached hydrogen (secondary N) is 2. The van der Waals surface area contributed by atoms with Gasteiger partial charge in [-0.05, 0) is 47.3 Å². The van der Waals surface area contributed by atoms with Crippen molar-refractivity contribution in [3.63, 3.8) is 0 Å². The molecule has 29 heavy (non-hydrogen) atoms. The summed E-state index contributed by atoms with van der Waals surface area (Å²) in [5, 5.41) is 5.54. The van der Waals surface area contributed by atoms with Gasteiger partial charge in [0.15, 0.2) is 0 Å². The van der Waals surface area contributed by atoms with Crippen molar-refractivity contribution in [1.82, 2.24) is 15.2 Å². The van der Waals surface area contributed by atoms with Gasteiger partial charge in [0.05, 0.1) is 4.91 Å². The highest BCUT2D eigenvalue weighted by atomic mass is 32.2. The minimum Gasteiger partial charge on any atom is -0.361 e. The Labute approximate surface area is 176 Å². The maximum Gasteiger partial charge on any atom is 0.293 e. The number of fused-ring (bicyclic) bond motifs is 1. The number of thiophene rings is 1. The number of hydrogen-bond acceptors (Lipinski definition) is 5. The molecule has 1 saturated heterocycles. The van der Waals surface area contributed by atoms with E-state index in [0.29, 0.717) is 17.7 Å². The summed E-state index contributed by atoms with van der Waals surface area (Å²) in [5.41, 5.74) is 2.15. The van der Waals surface area contributed by atoms with Gasteiger partial charge in [-0.25, -0.2) is 0 Å². The van der Waals surface area contributed by atoms with Crippen LogP contribution in [0.15, 0.2) is 52.9 Å². The van der Waals surface area contributed by atoms with Crippen LogP contribution in [0.5, 0.6) is 0 Å². The quantitative estimate of drug-likeness (QED) is 0.560. The Morgan fingerprint density at radius 1 is 1.17 bits per heavy atom. The van der Waals surface area contributed by atoms with E-state index in [-0.39, 0.29) is 30.1 Å². The van der Waals surface area contributed by atoms with Crippen LogP contribution < -0.4 is 5.32 Å². The Morgan fingerprint density at radius 3 is 2.86 bits per heavy atom. The van der Waals surface area contributed by atoms with Gasteiger partial charge in [0, 0.05) is 41.5 Å². The molecule has 0 atom stereocenters. The maximum atomic E-state index is 12.4. The third kappa shape index (κ3) is 4.44. The molecule has 1 aliphatic heterocycles. The summed E-state index contributed by atoms with van der Waals surface area (Å²) in [5.74, 6) is -0.405. The first-order valence-electron chi connectivity index (χ1n) is 9.22. The van der Waals surface area contributed by atoms with E-state index in [0.717, 1.165) is 33.1 Å². The van der Waals surface area contributed by atoms with Crippen molar-refractivity contribution in [3.8, 4) is 0 Å². The van der Waals surface area contributed by atoms with Crippen LogP contribution in [-0.2, 0) is 16.0 Å². The molecule has 1 aromatic carbocycles. The molecule has 2 N–H and O–H groups in total. The minimum absolute atomic E-state index is 0.101. The van der Waals surface area contributed by atoms with Gasteiger partial charge >= 0.3 is 0 Å². The van der Waals surface area contributed by atoms with Gasteiger partial charge in [-0.1, -0.05) is 24.3 Å². The average molecular weight is 426 g/mol. The van der Waals surface area contributed by atoms with Crippen molar-refractivity contribution in [2.45, 2.75) is 12.8 Å². The van der Waals surface area contributed by atoms with Crippen LogP contribution in [0, 0.1) is 0 Å². The Kier molecular flexibility index (Phi) is 5.82. The summed E-state index contributed by atoms with van der Waals surface area (Å²) in [6.45, 7) is 0.419. The number of imide groups is 1. The predicted octanol–water partition coefficient (Wildman–Crippen LogP) is 4.01. The molecule has 1 aliphatic rings. The number of para-hydroxylation sites is 1. The van der Waals surface area contributed by atoms with E-state index >= 15 is 0 Å². The molecule has 0 unspecified atom stereocenters. The van der Waals surface area contributed by atoms with Gasteiger partial charge in [-0.3, -0.25) is 19.3 Å². The third-order valence-electron chi connectivity index (χ3n) is 4.64. The van der Waals surface area contributed by atoms with Gasteiger partial charge in [0.2, 0.25) is 5.91 Å². The predicted molar refractivity (Wildman–Crippen MR) is 117 cm³/mol. The van der Waals surface area contributed by atoms with Crippen molar-refractivity contribution < 1.29 is 14.4 Å². The summed E-state index contributed by atoms with van der Waals surface area (Å²) < 4.78 is 0. The van der Waals surface area contributed by atoms with Crippen molar-refractivity contribution in [2.24, 2.45) is 0 Å². The molecule has 8 heteroatoms. The van der Waals surface area contributed by atoms with E-state index in [9.17, 15) is 14.4 Å². The number of H-pyrrole nitrogens is 1. The first-order valence-corrected chi connectivity index (χ1v) is 10.9. The van der Waals surface area contributed by atoms with Crippen LogP contribution in [0.2, 0.25) is 0 Å². The summed E-state index contributed by atoms with van der Waals surface area (Å²) >= 11 is 2.45. The molecule has 3 heterocycles. The second kappa shape index (κ2) is 8.67. The zero-order valence-corrected chi connectivity index (χ0v) is 17.1. The van der Waals surface area contributed by atoms with Crippen LogP contribution >= 0.6 is 23.1 Å². The van der Waals surface area contributed by atoms with Gasteiger partial charge in [-0.15, -0.1) is 11.3 Å². The lowest BCUT2D eigenvalue weighted by Crippen LogP contribution is -2.37. The maximum absolute atomic E-state index is 12.4. The standard InChI is InChI=1S/C21H19N3O3S2/c25-19(8-7-14-13-23-17-6-2-1-5-16(14)17)22-9-10-24-20(26)18(29-21(24)27)12-15-4-3-11-28-15/h1-6,11-13,23H,7-10H2,(H,22,25)/b18-12+. The molecule has 3 amide bonds. The molecule has 4 rings (SSSR count). The van der Waals surface area contributed by atoms with Gasteiger partial charge in [-0.2, -0.15) is 0 Å². The summed E-state index contributed by atoms with van der Waals surface area (Å²) in [4.78, 5) is 42.4. The van der Waals surface area contributed by atoms with E-state index < -0.39 is 0 Å². The van der Waals surface area contributed by atoms with E-state index in [1.807, 2.05) is 48.0 Å². The molecular formula is C21H19N3O3S2. The molecule has 0 aliphatic carbocycles. The Bertz CT molecular complexity index is 1090. The Balaban J connectivity index is 1.26. The number of aromatic amines is 1. The number of carbonyl (C=O) groups excluding carboxylic acids is 3. The van der Waals surface area contributed by atoms with E-state index in [4.69, 9.17) is 0 Å². The number of aromatic nitrogens is 1. The average Bonchev–Trinajstić information content (AvgIpc) is 3.43. The smallest absolute Gasteiger partial charge is 0.293 e. The normalized spacial score (nSPS) is 15.6. The van der Waals surface area contributed by atoms with Crippen LogP contribution in [0.4, 0.5) is 4.79 Å². The minimum atomic E-state index is -0.304. The molecule has 0 spiro atoms. The van der Waals surface area contributed by atoms with Crippen LogP contribution in [-0.4, -0.2) is 40.0 Å². The Hall–Kier alpha value is -2.84. The lowest BCUT2D eigenvalue weighted by molar-refractivity contribution is -0.124. The number of nitrogens with zero attached hydrogens (tertiary/aromatic N) is 1. The number of thioether (sulfide) groups is 1. The fourth-order valence-electron chi connectivity index (χ4n) is 3.18. The molecule has 2 aromatic heterocycles. The third-order valence-corrected chi connectivity index (χ3v) is 6.37. The highest BCUT2D eigenvalue weighted by Gasteiger charge is 2.34. The second-order valence-electron chi connectivity index (χ2n) is 6.56. The van der Waals surface area contributed by atoms with Gasteiger partial charge in [0.1, 0.15) is 0 Å². The number of benzene rings is 1. The van der Waals surface area contributed by atoms with E-state index in [1.54, 1.807) is 6.08 Å². The van der Waals surface area contributed by atoms with E-state index in [1.165, 1.54) is 16.2 Å². The van der Waals surface area contributed by atoms with Crippen molar-refractivity contribution in [3.05, 3.63) is 63.3 Å². The zero-order chi connectivity index (χ0) is 20.2. The molecule has 0 bridgehead atoms. The second-order valence-corrected chi connectivity index (χ2v) is 8.53. The zero-order valence-electron chi connectivity index (χ0n) is 15.5. The summed E-state index contributed by atoms with van der Waals surface area (Å²) in [6.07, 6.45) is 4.64.